The first-order valence-electron chi connectivity index (χ1n) is 10.4. The number of nitrogens with one attached hydrogen (secondary N) is 3. The fourth-order valence-corrected chi connectivity index (χ4v) is 4.95. The molecule has 0 saturated carbocycles. The number of alkyl halides is 3. The van der Waals surface area contributed by atoms with Gasteiger partial charge in [-0.15, -0.1) is 24.5 Å². The Morgan fingerprint density at radius 3 is 2.71 bits per heavy atom. The number of benzene rings is 2. The molecule has 1 unspecified atom stereocenters. The quantitative estimate of drug-likeness (QED) is 0.247. The van der Waals surface area contributed by atoms with Crippen molar-refractivity contribution in [2.45, 2.75) is 30.6 Å². The average molecular weight is 514 g/mol. The predicted octanol–water partition coefficient (Wildman–Crippen LogP) is 6.15. The van der Waals surface area contributed by atoms with Gasteiger partial charge in [0, 0.05) is 36.3 Å². The molecule has 0 bridgehead atoms. The monoisotopic (exact) mass is 513 g/mol. The van der Waals surface area contributed by atoms with Crippen LogP contribution in [0.15, 0.2) is 46.1 Å². The van der Waals surface area contributed by atoms with E-state index in [1.807, 2.05) is 24.3 Å². The molecule has 34 heavy (non-hydrogen) atoms. The Morgan fingerprint density at radius 1 is 1.21 bits per heavy atom. The lowest BCUT2D eigenvalue weighted by Gasteiger charge is -2.24. The molecule has 3 N–H and O–H groups in total. The third-order valence-corrected chi connectivity index (χ3v) is 6.82. The van der Waals surface area contributed by atoms with Gasteiger partial charge >= 0.3 is 6.36 Å². The Bertz CT molecular complexity index is 1130. The highest BCUT2D eigenvalue weighted by atomic mass is 32.2. The highest BCUT2D eigenvalue weighted by Crippen LogP contribution is 2.38. The van der Waals surface area contributed by atoms with E-state index in [2.05, 4.69) is 25.1 Å². The number of hydrogen-bond acceptors (Lipinski definition) is 8. The zero-order chi connectivity index (χ0) is 24.3. The maximum Gasteiger partial charge on any atom is 0.573 e. The van der Waals surface area contributed by atoms with Crippen LogP contribution >= 0.6 is 23.3 Å². The number of likely N-dealkylation sites (N-methyl/N-ethyl adjacent to an activating group) is 1. The summed E-state index contributed by atoms with van der Waals surface area (Å²) in [7, 11) is 1.85. The third kappa shape index (κ3) is 6.05. The fourth-order valence-electron chi connectivity index (χ4n) is 3.67. The summed E-state index contributed by atoms with van der Waals surface area (Å²) in [4.78, 5) is 6.50. The maximum atomic E-state index is 14.8. The standard InChI is InChI=1S/C22H23F4N5OS2/c1-13-7-20(34-30-21-11-33-12-28-21)16(23)9-18(13)29-17-4-3-15(32-22(24,25)26)8-19(17)31-6-5-14(10-31)27-2/h3-4,7-9,11-12,14,27,29-30H,5-6,10H2,1-2H3. The molecule has 1 aliphatic heterocycles. The largest absolute Gasteiger partial charge is 0.573 e. The zero-order valence-corrected chi connectivity index (χ0v) is 20.0. The number of hydrogen-bond donors (Lipinski definition) is 3. The van der Waals surface area contributed by atoms with E-state index < -0.39 is 12.2 Å². The fraction of sp³-hybridized carbons (Fsp3) is 0.318. The van der Waals surface area contributed by atoms with Crippen molar-refractivity contribution in [1.82, 2.24) is 10.3 Å². The lowest BCUT2D eigenvalue weighted by Crippen LogP contribution is -2.29. The highest BCUT2D eigenvalue weighted by molar-refractivity contribution is 8.00. The second-order valence-corrected chi connectivity index (χ2v) is 9.31. The molecule has 0 radical (unpaired) electrons. The summed E-state index contributed by atoms with van der Waals surface area (Å²) < 4.78 is 60.3. The van der Waals surface area contributed by atoms with Gasteiger partial charge in [0.25, 0.3) is 0 Å². The van der Waals surface area contributed by atoms with Gasteiger partial charge in [-0.3, -0.25) is 0 Å². The number of anilines is 4. The molecule has 1 aromatic heterocycles. The van der Waals surface area contributed by atoms with Crippen molar-refractivity contribution in [3.8, 4) is 5.75 Å². The second-order valence-electron chi connectivity index (χ2n) is 7.75. The number of ether oxygens (including phenoxy) is 1. The van der Waals surface area contributed by atoms with Gasteiger partial charge in [-0.05, 0) is 62.2 Å². The van der Waals surface area contributed by atoms with Gasteiger partial charge in [-0.2, -0.15) is 0 Å². The van der Waals surface area contributed by atoms with Crippen LogP contribution in [0.2, 0.25) is 0 Å². The topological polar surface area (TPSA) is 61.5 Å². The van der Waals surface area contributed by atoms with Crippen LogP contribution in [-0.4, -0.2) is 37.5 Å². The van der Waals surface area contributed by atoms with Crippen LogP contribution in [0.3, 0.4) is 0 Å². The van der Waals surface area contributed by atoms with Gasteiger partial charge in [-0.25, -0.2) is 9.37 Å². The average Bonchev–Trinajstić information content (AvgIpc) is 3.47. The molecule has 1 fully saturated rings. The number of aromatic nitrogens is 1. The molecule has 0 aliphatic carbocycles. The molecule has 3 aromatic rings. The van der Waals surface area contributed by atoms with Crippen molar-refractivity contribution in [2.24, 2.45) is 0 Å². The Labute approximate surface area is 202 Å². The van der Waals surface area contributed by atoms with Crippen LogP contribution in [0, 0.1) is 12.7 Å². The molecule has 1 aliphatic rings. The van der Waals surface area contributed by atoms with E-state index in [0.29, 0.717) is 40.9 Å². The molecule has 1 atom stereocenters. The Balaban J connectivity index is 1.59. The Hall–Kier alpha value is -2.70. The van der Waals surface area contributed by atoms with E-state index in [9.17, 15) is 17.6 Å². The first-order valence-corrected chi connectivity index (χ1v) is 12.2. The molecule has 12 heteroatoms. The molecule has 6 nitrogen and oxygen atoms in total. The molecule has 182 valence electrons. The number of thiazole rings is 1. The predicted molar refractivity (Wildman–Crippen MR) is 129 cm³/mol. The molecular formula is C22H23F4N5OS2. The lowest BCUT2D eigenvalue weighted by atomic mass is 10.1. The summed E-state index contributed by atoms with van der Waals surface area (Å²) in [5.74, 6) is -0.0925. The molecule has 4 rings (SSSR count). The van der Waals surface area contributed by atoms with Crippen molar-refractivity contribution in [3.63, 3.8) is 0 Å². The summed E-state index contributed by atoms with van der Waals surface area (Å²) in [6.45, 7) is 3.13. The lowest BCUT2D eigenvalue weighted by molar-refractivity contribution is -0.274. The van der Waals surface area contributed by atoms with E-state index in [1.165, 1.54) is 35.6 Å². The van der Waals surface area contributed by atoms with Gasteiger partial charge in [0.2, 0.25) is 0 Å². The normalized spacial score (nSPS) is 16.1. The number of rotatable bonds is 8. The van der Waals surface area contributed by atoms with E-state index in [-0.39, 0.29) is 11.8 Å². The van der Waals surface area contributed by atoms with E-state index >= 15 is 0 Å². The highest BCUT2D eigenvalue weighted by Gasteiger charge is 2.32. The van der Waals surface area contributed by atoms with Crippen LogP contribution in [0.1, 0.15) is 12.0 Å². The van der Waals surface area contributed by atoms with Gasteiger partial charge in [-0.1, -0.05) is 0 Å². The molecular weight excluding hydrogens is 490 g/mol. The van der Waals surface area contributed by atoms with E-state index in [1.54, 1.807) is 11.6 Å². The number of halogens is 4. The maximum absolute atomic E-state index is 14.8. The van der Waals surface area contributed by atoms with Crippen molar-refractivity contribution in [3.05, 3.63) is 52.6 Å². The van der Waals surface area contributed by atoms with Crippen LogP contribution in [0.25, 0.3) is 0 Å². The van der Waals surface area contributed by atoms with Gasteiger partial charge < -0.3 is 25.0 Å². The zero-order valence-electron chi connectivity index (χ0n) is 18.4. The molecule has 0 amide bonds. The van der Waals surface area contributed by atoms with E-state index in [0.717, 1.165) is 23.9 Å². The van der Waals surface area contributed by atoms with Crippen molar-refractivity contribution < 1.29 is 22.3 Å². The van der Waals surface area contributed by atoms with Crippen LogP contribution < -0.4 is 25.0 Å². The summed E-state index contributed by atoms with van der Waals surface area (Å²) in [6, 6.07) is 7.44. The molecule has 2 aromatic carbocycles. The first-order chi connectivity index (χ1) is 16.2. The summed E-state index contributed by atoms with van der Waals surface area (Å²) in [5, 5.41) is 8.21. The number of nitrogens with zero attached hydrogens (tertiary/aromatic N) is 2. The SMILES string of the molecule is CNC1CCN(c2cc(OC(F)(F)F)ccc2Nc2cc(F)c(SNc3cscn3)cc2C)C1. The minimum Gasteiger partial charge on any atom is -0.406 e. The number of aryl methyl sites for hydroxylation is 1. The summed E-state index contributed by atoms with van der Waals surface area (Å²) >= 11 is 2.55. The van der Waals surface area contributed by atoms with Gasteiger partial charge in [0.1, 0.15) is 17.4 Å². The van der Waals surface area contributed by atoms with Crippen molar-refractivity contribution in [2.75, 3.05) is 35.1 Å². The smallest absolute Gasteiger partial charge is 0.406 e. The van der Waals surface area contributed by atoms with E-state index in [4.69, 9.17) is 0 Å². The molecule has 0 spiro atoms. The van der Waals surface area contributed by atoms with Crippen LogP contribution in [0.5, 0.6) is 5.75 Å². The second kappa shape index (κ2) is 10.3. The molecule has 2 heterocycles. The van der Waals surface area contributed by atoms with Crippen LogP contribution in [0.4, 0.5) is 40.4 Å². The minimum absolute atomic E-state index is 0.223. The van der Waals surface area contributed by atoms with Crippen molar-refractivity contribution in [1.29, 1.82) is 0 Å². The Kier molecular flexibility index (Phi) is 7.39. The summed E-state index contributed by atoms with van der Waals surface area (Å²) in [5.41, 5.74) is 4.10. The summed E-state index contributed by atoms with van der Waals surface area (Å²) in [6.07, 6.45) is -3.93. The minimum atomic E-state index is -4.79. The van der Waals surface area contributed by atoms with Crippen molar-refractivity contribution >= 4 is 46.2 Å². The van der Waals surface area contributed by atoms with Gasteiger partial charge in [0.05, 0.1) is 21.8 Å². The van der Waals surface area contributed by atoms with Gasteiger partial charge in [0.15, 0.2) is 0 Å². The third-order valence-electron chi connectivity index (χ3n) is 5.39. The molecule has 1 saturated heterocycles. The van der Waals surface area contributed by atoms with Crippen LogP contribution in [-0.2, 0) is 0 Å². The Morgan fingerprint density at radius 2 is 2.03 bits per heavy atom. The first kappa shape index (κ1) is 24.4.